The third kappa shape index (κ3) is 2.93. The van der Waals surface area contributed by atoms with Crippen LogP contribution in [0.4, 0.5) is 0 Å². The maximum absolute atomic E-state index is 9.43. The van der Waals surface area contributed by atoms with Crippen LogP contribution in [0.25, 0.3) is 5.57 Å². The minimum absolute atomic E-state index is 0.659. The van der Waals surface area contributed by atoms with E-state index in [0.717, 1.165) is 29.1 Å². The van der Waals surface area contributed by atoms with Crippen molar-refractivity contribution in [2.45, 2.75) is 13.5 Å². The van der Waals surface area contributed by atoms with Crippen LogP contribution in [0.5, 0.6) is 0 Å². The molecule has 3 aromatic rings. The second-order valence-corrected chi connectivity index (χ2v) is 5.45. The molecule has 0 fully saturated rings. The fraction of sp³-hybridized carbons (Fsp3) is 0.100. The average molecular weight is 299 g/mol. The number of aryl methyl sites for hydroxylation is 1. The minimum atomic E-state index is 0.659. The SMILES string of the molecule is C=C(c1cccc(C)c1C#N)c1nccn1Cc1ccccc1. The van der Waals surface area contributed by atoms with Gasteiger partial charge in [-0.1, -0.05) is 55.1 Å². The standard InChI is InChI=1S/C20H17N3/c1-15-7-6-10-18(19(15)13-21)16(2)20-22-11-12-23(20)14-17-8-4-3-5-9-17/h3-12H,2,14H2,1H3. The number of imidazole rings is 1. The van der Waals surface area contributed by atoms with E-state index < -0.39 is 0 Å². The van der Waals surface area contributed by atoms with E-state index in [9.17, 15) is 5.26 Å². The van der Waals surface area contributed by atoms with Crippen molar-refractivity contribution in [3.63, 3.8) is 0 Å². The predicted molar refractivity (Wildman–Crippen MR) is 91.8 cm³/mol. The zero-order valence-electron chi connectivity index (χ0n) is 13.0. The van der Waals surface area contributed by atoms with Crippen LogP contribution < -0.4 is 0 Å². The monoisotopic (exact) mass is 299 g/mol. The molecule has 1 heterocycles. The van der Waals surface area contributed by atoms with Gasteiger partial charge in [0.1, 0.15) is 11.9 Å². The Balaban J connectivity index is 1.98. The predicted octanol–water partition coefficient (Wildman–Crippen LogP) is 4.17. The summed E-state index contributed by atoms with van der Waals surface area (Å²) >= 11 is 0. The number of nitriles is 1. The highest BCUT2D eigenvalue weighted by molar-refractivity contribution is 5.78. The lowest BCUT2D eigenvalue weighted by atomic mass is 9.97. The maximum atomic E-state index is 9.43. The molecule has 0 amide bonds. The number of aromatic nitrogens is 2. The summed E-state index contributed by atoms with van der Waals surface area (Å²) in [5.74, 6) is 0.788. The summed E-state index contributed by atoms with van der Waals surface area (Å²) < 4.78 is 2.06. The maximum Gasteiger partial charge on any atom is 0.140 e. The summed E-state index contributed by atoms with van der Waals surface area (Å²) in [6, 6.07) is 18.3. The Morgan fingerprint density at radius 1 is 1.17 bits per heavy atom. The van der Waals surface area contributed by atoms with Crippen LogP contribution in [0.15, 0.2) is 67.5 Å². The van der Waals surface area contributed by atoms with Crippen molar-refractivity contribution in [3.8, 4) is 6.07 Å². The first-order chi connectivity index (χ1) is 11.2. The first kappa shape index (κ1) is 14.8. The molecule has 0 bridgehead atoms. The van der Waals surface area contributed by atoms with Gasteiger partial charge in [-0.2, -0.15) is 5.26 Å². The van der Waals surface area contributed by atoms with Gasteiger partial charge in [-0.15, -0.1) is 0 Å². The van der Waals surface area contributed by atoms with Crippen molar-refractivity contribution in [2.75, 3.05) is 0 Å². The van der Waals surface area contributed by atoms with Crippen molar-refractivity contribution in [1.82, 2.24) is 9.55 Å². The van der Waals surface area contributed by atoms with Crippen LogP contribution in [-0.2, 0) is 6.54 Å². The van der Waals surface area contributed by atoms with E-state index in [1.807, 2.05) is 49.5 Å². The van der Waals surface area contributed by atoms with Gasteiger partial charge in [0.2, 0.25) is 0 Å². The fourth-order valence-electron chi connectivity index (χ4n) is 2.68. The lowest BCUT2D eigenvalue weighted by Gasteiger charge is -2.12. The molecule has 0 spiro atoms. The van der Waals surface area contributed by atoms with Gasteiger partial charge in [-0.05, 0) is 18.1 Å². The molecule has 0 N–H and O–H groups in total. The summed E-state index contributed by atoms with van der Waals surface area (Å²) in [6.45, 7) is 6.85. The van der Waals surface area contributed by atoms with E-state index in [0.29, 0.717) is 5.56 Å². The van der Waals surface area contributed by atoms with Crippen LogP contribution >= 0.6 is 0 Å². The van der Waals surface area contributed by atoms with Crippen molar-refractivity contribution in [3.05, 3.63) is 95.6 Å². The van der Waals surface area contributed by atoms with Gasteiger partial charge >= 0.3 is 0 Å². The van der Waals surface area contributed by atoms with Crippen LogP contribution in [0.2, 0.25) is 0 Å². The van der Waals surface area contributed by atoms with Crippen LogP contribution in [-0.4, -0.2) is 9.55 Å². The summed E-state index contributed by atoms with van der Waals surface area (Å²) in [6.07, 6.45) is 3.71. The fourth-order valence-corrected chi connectivity index (χ4v) is 2.68. The molecular weight excluding hydrogens is 282 g/mol. The molecule has 3 nitrogen and oxygen atoms in total. The van der Waals surface area contributed by atoms with E-state index in [1.165, 1.54) is 5.56 Å². The normalized spacial score (nSPS) is 10.3. The van der Waals surface area contributed by atoms with E-state index >= 15 is 0 Å². The van der Waals surface area contributed by atoms with Crippen LogP contribution in [0.1, 0.15) is 28.1 Å². The highest BCUT2D eigenvalue weighted by atomic mass is 15.1. The number of nitrogens with zero attached hydrogens (tertiary/aromatic N) is 3. The third-order valence-corrected chi connectivity index (χ3v) is 3.89. The Labute approximate surface area is 136 Å². The highest BCUT2D eigenvalue weighted by Crippen LogP contribution is 2.25. The van der Waals surface area contributed by atoms with Crippen molar-refractivity contribution in [1.29, 1.82) is 5.26 Å². The summed E-state index contributed by atoms with van der Waals surface area (Å²) in [7, 11) is 0. The first-order valence-electron chi connectivity index (χ1n) is 7.45. The number of hydrogen-bond acceptors (Lipinski definition) is 2. The molecule has 0 unspecified atom stereocenters. The molecule has 1 aromatic heterocycles. The molecule has 0 aliphatic heterocycles. The van der Waals surface area contributed by atoms with Crippen molar-refractivity contribution < 1.29 is 0 Å². The van der Waals surface area contributed by atoms with Gasteiger partial charge in [-0.25, -0.2) is 4.98 Å². The molecule has 0 radical (unpaired) electrons. The van der Waals surface area contributed by atoms with Gasteiger partial charge in [-0.3, -0.25) is 0 Å². The molecule has 2 aromatic carbocycles. The Bertz CT molecular complexity index is 883. The molecule has 3 heteroatoms. The van der Waals surface area contributed by atoms with Gasteiger partial charge in [0.05, 0.1) is 5.56 Å². The smallest absolute Gasteiger partial charge is 0.140 e. The van der Waals surface area contributed by atoms with Gasteiger partial charge < -0.3 is 4.57 Å². The van der Waals surface area contributed by atoms with Gasteiger partial charge in [0, 0.05) is 30.1 Å². The van der Waals surface area contributed by atoms with Gasteiger partial charge in [0.15, 0.2) is 0 Å². The van der Waals surface area contributed by atoms with Crippen LogP contribution in [0.3, 0.4) is 0 Å². The van der Waals surface area contributed by atoms with E-state index in [4.69, 9.17) is 0 Å². The topological polar surface area (TPSA) is 41.6 Å². The van der Waals surface area contributed by atoms with Gasteiger partial charge in [0.25, 0.3) is 0 Å². The van der Waals surface area contributed by atoms with E-state index in [-0.39, 0.29) is 0 Å². The highest BCUT2D eigenvalue weighted by Gasteiger charge is 2.14. The molecule has 0 saturated heterocycles. The van der Waals surface area contributed by atoms with Crippen LogP contribution in [0, 0.1) is 18.3 Å². The molecule has 0 saturated carbocycles. The second kappa shape index (κ2) is 6.33. The van der Waals surface area contributed by atoms with E-state index in [1.54, 1.807) is 6.20 Å². The number of rotatable bonds is 4. The zero-order valence-corrected chi connectivity index (χ0v) is 13.0. The molecule has 3 rings (SSSR count). The summed E-state index contributed by atoms with van der Waals surface area (Å²) in [4.78, 5) is 4.45. The third-order valence-electron chi connectivity index (χ3n) is 3.89. The molecule has 112 valence electrons. The first-order valence-corrected chi connectivity index (χ1v) is 7.45. The minimum Gasteiger partial charge on any atom is -0.327 e. The summed E-state index contributed by atoms with van der Waals surface area (Å²) in [5.41, 5.74) is 4.42. The molecule has 0 aliphatic carbocycles. The molecule has 0 atom stereocenters. The Morgan fingerprint density at radius 2 is 1.96 bits per heavy atom. The molecule has 0 aliphatic rings. The molecule has 23 heavy (non-hydrogen) atoms. The van der Waals surface area contributed by atoms with E-state index in [2.05, 4.69) is 34.3 Å². The average Bonchev–Trinajstić information content (AvgIpc) is 3.03. The Hall–Kier alpha value is -3.12. The quantitative estimate of drug-likeness (QED) is 0.725. The number of hydrogen-bond donors (Lipinski definition) is 0. The number of benzene rings is 2. The van der Waals surface area contributed by atoms with Crippen molar-refractivity contribution >= 4 is 5.57 Å². The largest absolute Gasteiger partial charge is 0.327 e. The Kier molecular flexibility index (Phi) is 4.07. The lowest BCUT2D eigenvalue weighted by molar-refractivity contribution is 0.783. The lowest BCUT2D eigenvalue weighted by Crippen LogP contribution is -2.05. The Morgan fingerprint density at radius 3 is 2.70 bits per heavy atom. The second-order valence-electron chi connectivity index (χ2n) is 5.45. The molecular formula is C20H17N3. The summed E-state index contributed by atoms with van der Waals surface area (Å²) in [5, 5.41) is 9.43. The zero-order chi connectivity index (χ0) is 16.2. The van der Waals surface area contributed by atoms with Crippen molar-refractivity contribution in [2.24, 2.45) is 0 Å².